The zero-order valence-electron chi connectivity index (χ0n) is 42.3. The van der Waals surface area contributed by atoms with Crippen LogP contribution in [-0.4, -0.2) is 160 Å². The van der Waals surface area contributed by atoms with Crippen molar-refractivity contribution in [1.82, 2.24) is 16.0 Å². The fourth-order valence-electron chi connectivity index (χ4n) is 3.02. The lowest BCUT2D eigenvalue weighted by atomic mass is 10.2. The minimum Gasteiger partial charge on any atom is -0.460 e. The topological polar surface area (TPSA) is 249 Å². The number of alkyl carbamates (subject to hydrolysis) is 3. The normalized spacial score (nSPS) is 10.1. The van der Waals surface area contributed by atoms with Gasteiger partial charge in [-0.3, -0.25) is 14.3 Å². The van der Waals surface area contributed by atoms with E-state index in [0.717, 1.165) is 32.1 Å². The van der Waals surface area contributed by atoms with Crippen LogP contribution in [0, 0.1) is 0 Å². The molecule has 0 heterocycles. The van der Waals surface area contributed by atoms with Gasteiger partial charge in [0.05, 0.1) is 13.1 Å². The van der Waals surface area contributed by atoms with Crippen LogP contribution in [0.5, 0.6) is 0 Å². The fraction of sp³-hybridized carbons (Fsp3) is 0.787. The van der Waals surface area contributed by atoms with Gasteiger partial charge in [-0.05, 0) is 35.7 Å². The summed E-state index contributed by atoms with van der Waals surface area (Å²) in [6.07, 6.45) is -31.7. The quantitative estimate of drug-likeness (QED) is 0.0138. The van der Waals surface area contributed by atoms with E-state index in [1.165, 1.54) is 23.7 Å². The Bertz CT molecular complexity index is 1670. The molecule has 0 radical (unpaired) electrons. The molecule has 0 saturated carbocycles. The van der Waals surface area contributed by atoms with Gasteiger partial charge in [0, 0.05) is 24.1 Å². The summed E-state index contributed by atoms with van der Waals surface area (Å²) in [5, 5.41) is 6.97. The van der Waals surface area contributed by atoms with Crippen molar-refractivity contribution in [3.05, 3.63) is 24.3 Å². The maximum atomic E-state index is 12.0. The van der Waals surface area contributed by atoms with Crippen molar-refractivity contribution in [3.8, 4) is 0 Å². The molecular weight excluding hydrogens is 1270 g/mol. The summed E-state index contributed by atoms with van der Waals surface area (Å²) in [4.78, 5) is 66.7. The molecule has 0 bridgehead atoms. The van der Waals surface area contributed by atoms with Crippen LogP contribution in [0.2, 0.25) is 0 Å². The molecule has 3 amide bonds. The Balaban J connectivity index is -0.0000000615. The third kappa shape index (κ3) is 70.8. The summed E-state index contributed by atoms with van der Waals surface area (Å²) in [6.45, 7) is 6.09. The van der Waals surface area contributed by atoms with Crippen molar-refractivity contribution in [2.75, 3.05) is 86.9 Å². The lowest BCUT2D eigenvalue weighted by molar-refractivity contribution is -0.548. The van der Waals surface area contributed by atoms with Crippen molar-refractivity contribution in [2.24, 2.45) is 0 Å². The summed E-state index contributed by atoms with van der Waals surface area (Å²) < 4.78 is 268. The first-order valence-corrected chi connectivity index (χ1v) is 21.4. The number of esters is 3. The van der Waals surface area contributed by atoms with Gasteiger partial charge >= 0.3 is 73.2 Å². The highest BCUT2D eigenvalue weighted by molar-refractivity contribution is 5.87. The second-order valence-electron chi connectivity index (χ2n) is 13.1. The van der Waals surface area contributed by atoms with Crippen LogP contribution in [0.25, 0.3) is 0 Å². The fourth-order valence-corrected chi connectivity index (χ4v) is 3.02. The standard InChI is InChI=1S/C9H14FNO4.C8H12FNO4.C8H16FNO2.C6H11FO2.2C4H2F8O3.8CH4/c1-7(2)8(12)14-6-4-11-9(13)15-5-3-10;1-6(2)7(11)13-4-3-10-8(12)14-5-9;1-2-3-4-6-10-8(11)12-7-5-9;1-2-3-4-6(8)9-5-7;2*5-1-13-4(10,11)14-2(6,7)3(8,9)15-12;;;;;;;;/h1,3-6H2,2H3,(H,11,13);1,3-5H2,2H3,(H,10,12);2-7H2,1H3,(H,10,11);2-5H2,1H3;2*1H2;8*1H4. The van der Waals surface area contributed by atoms with E-state index < -0.39 is 114 Å². The number of hydrogen-bond donors (Lipinski definition) is 3. The minimum atomic E-state index is -6.04. The molecule has 0 aliphatic rings. The first-order valence-electron chi connectivity index (χ1n) is 21.4. The molecule has 0 atom stereocenters. The molecule has 0 aromatic carbocycles. The van der Waals surface area contributed by atoms with Crippen molar-refractivity contribution in [3.63, 3.8) is 0 Å². The molecule has 41 heteroatoms. The summed E-state index contributed by atoms with van der Waals surface area (Å²) in [5.74, 6) is -1.50. The number of carbonyl (C=O) groups is 6. The van der Waals surface area contributed by atoms with Gasteiger partial charge in [-0.2, -0.15) is 35.1 Å². The third-order valence-electron chi connectivity index (χ3n) is 6.52. The highest BCUT2D eigenvalue weighted by atomic mass is 19.4. The zero-order valence-corrected chi connectivity index (χ0v) is 42.3. The Kier molecular flexibility index (Phi) is 88.6. The number of alkyl halides is 18. The van der Waals surface area contributed by atoms with E-state index >= 15 is 0 Å². The van der Waals surface area contributed by atoms with Gasteiger partial charge in [0.1, 0.15) is 39.8 Å². The molecule has 540 valence electrons. The molecule has 0 fully saturated rings. The number of ether oxygens (including phenoxy) is 10. The van der Waals surface area contributed by atoms with Crippen LogP contribution in [0.15, 0.2) is 24.3 Å². The van der Waals surface area contributed by atoms with E-state index in [9.17, 15) is 117 Å². The van der Waals surface area contributed by atoms with Crippen LogP contribution in [0.4, 0.5) is 102 Å². The van der Waals surface area contributed by atoms with Gasteiger partial charge in [0.25, 0.3) is 0 Å². The summed E-state index contributed by atoms with van der Waals surface area (Å²) >= 11 is 0. The monoisotopic (exact) mass is 1360 g/mol. The van der Waals surface area contributed by atoms with E-state index in [0.29, 0.717) is 13.0 Å². The molecule has 0 spiro atoms. The third-order valence-corrected chi connectivity index (χ3v) is 6.52. The molecule has 0 unspecified atom stereocenters. The molecular formula is C47H89F20N3O18. The number of carbonyl (C=O) groups excluding carboxylic acids is 6. The molecule has 0 rings (SSSR count). The highest BCUT2D eigenvalue weighted by Gasteiger charge is 2.67. The van der Waals surface area contributed by atoms with Crippen LogP contribution < -0.4 is 16.0 Å². The highest BCUT2D eigenvalue weighted by Crippen LogP contribution is 2.42. The summed E-state index contributed by atoms with van der Waals surface area (Å²) in [5.41, 5.74) is 0.561. The Labute approximate surface area is 499 Å². The van der Waals surface area contributed by atoms with E-state index in [4.69, 9.17) is 0 Å². The van der Waals surface area contributed by atoms with Gasteiger partial charge in [-0.1, -0.05) is 106 Å². The van der Waals surface area contributed by atoms with Crippen LogP contribution in [-0.2, 0) is 71.6 Å². The molecule has 3 N–H and O–H groups in total. The number of rotatable bonds is 33. The van der Waals surface area contributed by atoms with E-state index in [1.54, 1.807) is 0 Å². The van der Waals surface area contributed by atoms with Gasteiger partial charge in [0.15, 0.2) is 13.7 Å². The van der Waals surface area contributed by atoms with E-state index in [2.05, 4.69) is 83.4 Å². The summed E-state index contributed by atoms with van der Waals surface area (Å²) in [6, 6.07) is 0. The van der Waals surface area contributed by atoms with Crippen molar-refractivity contribution in [1.29, 1.82) is 0 Å². The molecule has 0 aliphatic heterocycles. The van der Waals surface area contributed by atoms with E-state index in [1.807, 2.05) is 6.92 Å². The lowest BCUT2D eigenvalue weighted by Gasteiger charge is -2.25. The van der Waals surface area contributed by atoms with Crippen molar-refractivity contribution >= 4 is 36.2 Å². The molecule has 0 aromatic heterocycles. The molecule has 0 aromatic rings. The number of halogens is 20. The zero-order chi connectivity index (χ0) is 63.7. The largest absolute Gasteiger partial charge is 0.492 e. The number of nitrogens with one attached hydrogen (secondary N) is 3. The average molecular weight is 1360 g/mol. The molecule has 21 nitrogen and oxygen atoms in total. The Morgan fingerprint density at radius 1 is 0.398 bits per heavy atom. The number of hydrogen-bond acceptors (Lipinski definition) is 18. The predicted molar refractivity (Wildman–Crippen MR) is 278 cm³/mol. The van der Waals surface area contributed by atoms with Gasteiger partial charge < -0.3 is 44.4 Å². The Hall–Kier alpha value is -5.94. The van der Waals surface area contributed by atoms with Crippen molar-refractivity contribution in [2.45, 2.75) is 163 Å². The molecule has 0 saturated heterocycles. The number of unbranched alkanes of at least 4 members (excludes halogenated alkanes) is 3. The molecule has 0 aliphatic carbocycles. The van der Waals surface area contributed by atoms with Crippen LogP contribution in [0.1, 0.15) is 126 Å². The first-order chi connectivity index (χ1) is 36.9. The second-order valence-corrected chi connectivity index (χ2v) is 13.1. The van der Waals surface area contributed by atoms with Crippen LogP contribution in [0.3, 0.4) is 0 Å². The summed E-state index contributed by atoms with van der Waals surface area (Å²) in [7, 11) is 0. The second kappa shape index (κ2) is 67.0. The van der Waals surface area contributed by atoms with Crippen LogP contribution >= 0.6 is 0 Å². The first kappa shape index (κ1) is 116. The lowest BCUT2D eigenvalue weighted by Crippen LogP contribution is -2.48. The average Bonchev–Trinajstić information content (AvgIpc) is 3.36. The predicted octanol–water partition coefficient (Wildman–Crippen LogP) is 15.3. The minimum absolute atomic E-state index is 0. The van der Waals surface area contributed by atoms with Gasteiger partial charge in [-0.25, -0.2) is 59.8 Å². The van der Waals surface area contributed by atoms with Crippen molar-refractivity contribution < 1.29 is 174 Å². The van der Waals surface area contributed by atoms with Gasteiger partial charge in [0.2, 0.25) is 13.7 Å². The SMILES string of the molecule is C.C.C.C.C.C.C.C.C=C(C)C(=O)OCCNC(=O)OCCF.C=C(C)C(=O)OCCNC(=O)OCF.CCCCC(=O)OCF.CCCCCNC(=O)OCCF.FCOC(F)(F)OC(F)(F)C(F)(F)OF.FCOC(F)(F)OC(F)(F)C(F)(F)OF. The Morgan fingerprint density at radius 3 is 0.966 bits per heavy atom. The Morgan fingerprint density at radius 2 is 0.705 bits per heavy atom. The maximum absolute atomic E-state index is 12.0. The van der Waals surface area contributed by atoms with E-state index in [-0.39, 0.29) is 110 Å². The molecule has 88 heavy (non-hydrogen) atoms. The smallest absolute Gasteiger partial charge is 0.460 e. The maximum Gasteiger partial charge on any atom is 0.492 e. The van der Waals surface area contributed by atoms with Gasteiger partial charge in [-0.15, -0.1) is 27.4 Å². The number of amides is 3.